The first-order chi connectivity index (χ1) is 17.6. The number of anilines is 1. The molecule has 0 bridgehead atoms. The van der Waals surface area contributed by atoms with Crippen molar-refractivity contribution in [1.82, 2.24) is 14.8 Å². The average Bonchev–Trinajstić information content (AvgIpc) is 2.88. The molecule has 1 aromatic heterocycles. The number of pyridine rings is 1. The van der Waals surface area contributed by atoms with E-state index < -0.39 is 18.3 Å². The van der Waals surface area contributed by atoms with Crippen LogP contribution in [0.5, 0.6) is 5.75 Å². The summed E-state index contributed by atoms with van der Waals surface area (Å²) in [4.78, 5) is 34.5. The molecule has 1 atom stereocenters. The fraction of sp³-hybridized carbons (Fsp3) is 0.519. The molecule has 2 heterocycles. The molecule has 2 amide bonds. The number of benzene rings is 1. The number of nitrogens with zero attached hydrogens (tertiary/aromatic N) is 4. The number of likely N-dealkylation sites (N-methyl/N-ethyl adjacent to an activating group) is 1. The quantitative estimate of drug-likeness (QED) is 0.402. The number of alkyl halides is 2. The first kappa shape index (κ1) is 28.6. The molecule has 0 saturated carbocycles. The molecule has 2 aromatic rings. The molecule has 0 spiro atoms. The summed E-state index contributed by atoms with van der Waals surface area (Å²) in [6.07, 6.45) is 0.766. The highest BCUT2D eigenvalue weighted by Crippen LogP contribution is 2.30. The maximum atomic E-state index is 13.8. The molecule has 37 heavy (non-hydrogen) atoms. The fourth-order valence-electron chi connectivity index (χ4n) is 4.65. The average molecular weight is 537 g/mol. The van der Waals surface area contributed by atoms with E-state index in [-0.39, 0.29) is 16.6 Å². The van der Waals surface area contributed by atoms with Crippen molar-refractivity contribution in [2.45, 2.75) is 38.0 Å². The standard InChI is InChI=1S/C27H35ClF2N4O3/c1-32(2)26(35)21-10-11-22(31-24(21)28)34-15-12-18(13-16-34)7-6-14-33(3)27(36)23(25(29)30)19-8-5-9-20(17-19)37-4/h5,8-11,17-18,23,25H,6-7,12-16H2,1-4H3/t23-/m1/s1. The Balaban J connectivity index is 1.48. The van der Waals surface area contributed by atoms with Gasteiger partial charge in [0.05, 0.1) is 12.7 Å². The van der Waals surface area contributed by atoms with Crippen LogP contribution >= 0.6 is 11.6 Å². The first-order valence-electron chi connectivity index (χ1n) is 12.4. The smallest absolute Gasteiger partial charge is 0.256 e. The van der Waals surface area contributed by atoms with Crippen molar-refractivity contribution in [2.24, 2.45) is 5.92 Å². The molecule has 1 saturated heterocycles. The van der Waals surface area contributed by atoms with Crippen molar-refractivity contribution in [3.8, 4) is 5.75 Å². The molecular formula is C27H35ClF2N4O3. The molecule has 0 unspecified atom stereocenters. The highest BCUT2D eigenvalue weighted by atomic mass is 35.5. The summed E-state index contributed by atoms with van der Waals surface area (Å²) < 4.78 is 32.8. The Morgan fingerprint density at radius 1 is 1.16 bits per heavy atom. The minimum Gasteiger partial charge on any atom is -0.497 e. The van der Waals surface area contributed by atoms with Crippen molar-refractivity contribution in [1.29, 1.82) is 0 Å². The Morgan fingerprint density at radius 2 is 1.86 bits per heavy atom. The number of hydrogen-bond donors (Lipinski definition) is 0. The molecule has 1 aliphatic rings. The van der Waals surface area contributed by atoms with Crippen LogP contribution in [-0.2, 0) is 4.79 Å². The third-order valence-corrected chi connectivity index (χ3v) is 7.15. The van der Waals surface area contributed by atoms with E-state index in [1.807, 2.05) is 6.07 Å². The summed E-state index contributed by atoms with van der Waals surface area (Å²) in [6.45, 7) is 2.05. The van der Waals surface area contributed by atoms with Gasteiger partial charge < -0.3 is 19.4 Å². The lowest BCUT2D eigenvalue weighted by Crippen LogP contribution is -2.36. The van der Waals surface area contributed by atoms with Crippen LogP contribution in [0.3, 0.4) is 0 Å². The van der Waals surface area contributed by atoms with Gasteiger partial charge in [-0.1, -0.05) is 23.7 Å². The molecule has 1 fully saturated rings. The Hall–Kier alpha value is -2.94. The van der Waals surface area contributed by atoms with Gasteiger partial charge in [0, 0.05) is 40.8 Å². The Labute approximate surface area is 222 Å². The van der Waals surface area contributed by atoms with Crippen molar-refractivity contribution in [3.63, 3.8) is 0 Å². The van der Waals surface area contributed by atoms with E-state index in [9.17, 15) is 18.4 Å². The second-order valence-corrected chi connectivity index (χ2v) is 9.99. The fourth-order valence-corrected chi connectivity index (χ4v) is 4.88. The third kappa shape index (κ3) is 7.31. The van der Waals surface area contributed by atoms with Crippen LogP contribution in [0.2, 0.25) is 5.15 Å². The van der Waals surface area contributed by atoms with Gasteiger partial charge in [0.25, 0.3) is 12.3 Å². The zero-order valence-electron chi connectivity index (χ0n) is 21.8. The van der Waals surface area contributed by atoms with E-state index >= 15 is 0 Å². The number of carbonyl (C=O) groups excluding carboxylic acids is 2. The number of halogens is 3. The van der Waals surface area contributed by atoms with Gasteiger partial charge in [0.15, 0.2) is 0 Å². The predicted octanol–water partition coefficient (Wildman–Crippen LogP) is 4.95. The van der Waals surface area contributed by atoms with Crippen LogP contribution in [0.4, 0.5) is 14.6 Å². The van der Waals surface area contributed by atoms with Crippen LogP contribution in [0, 0.1) is 5.92 Å². The number of hydrogen-bond acceptors (Lipinski definition) is 5. The van der Waals surface area contributed by atoms with Crippen LogP contribution in [0.15, 0.2) is 36.4 Å². The molecule has 1 aromatic carbocycles. The van der Waals surface area contributed by atoms with Crippen LogP contribution in [0.25, 0.3) is 0 Å². The molecule has 1 aliphatic heterocycles. The van der Waals surface area contributed by atoms with Crippen LogP contribution in [0.1, 0.15) is 47.5 Å². The zero-order chi connectivity index (χ0) is 27.1. The summed E-state index contributed by atoms with van der Waals surface area (Å²) in [7, 11) is 6.39. The second-order valence-electron chi connectivity index (χ2n) is 9.63. The van der Waals surface area contributed by atoms with Gasteiger partial charge in [-0.2, -0.15) is 0 Å². The summed E-state index contributed by atoms with van der Waals surface area (Å²) in [5, 5.41) is 0.196. The highest BCUT2D eigenvalue weighted by Gasteiger charge is 2.33. The number of methoxy groups -OCH3 is 1. The number of piperidine rings is 1. The topological polar surface area (TPSA) is 66.0 Å². The summed E-state index contributed by atoms with van der Waals surface area (Å²) >= 11 is 6.27. The van der Waals surface area contributed by atoms with Gasteiger partial charge in [0.1, 0.15) is 22.6 Å². The second kappa shape index (κ2) is 13.0. The normalized spacial score (nSPS) is 15.0. The summed E-state index contributed by atoms with van der Waals surface area (Å²) in [5.41, 5.74) is 0.635. The number of rotatable bonds is 10. The van der Waals surface area contributed by atoms with Gasteiger partial charge in [-0.05, 0) is 61.4 Å². The summed E-state index contributed by atoms with van der Waals surface area (Å²) in [6, 6.07) is 9.84. The monoisotopic (exact) mass is 536 g/mol. The van der Waals surface area contributed by atoms with Crippen molar-refractivity contribution < 1.29 is 23.1 Å². The number of ether oxygens (including phenoxy) is 1. The Kier molecular flexibility index (Phi) is 10.1. The number of amides is 2. The van der Waals surface area contributed by atoms with Crippen LogP contribution in [-0.4, -0.2) is 80.9 Å². The van der Waals surface area contributed by atoms with E-state index in [1.54, 1.807) is 39.3 Å². The molecule has 0 N–H and O–H groups in total. The Morgan fingerprint density at radius 3 is 2.46 bits per heavy atom. The van der Waals surface area contributed by atoms with Gasteiger partial charge in [-0.3, -0.25) is 9.59 Å². The lowest BCUT2D eigenvalue weighted by atomic mass is 9.92. The van der Waals surface area contributed by atoms with Gasteiger partial charge >= 0.3 is 0 Å². The maximum Gasteiger partial charge on any atom is 0.256 e. The van der Waals surface area contributed by atoms with Crippen molar-refractivity contribution >= 4 is 29.2 Å². The van der Waals surface area contributed by atoms with E-state index in [2.05, 4.69) is 9.88 Å². The van der Waals surface area contributed by atoms with E-state index in [4.69, 9.17) is 16.3 Å². The van der Waals surface area contributed by atoms with E-state index in [0.717, 1.165) is 44.6 Å². The van der Waals surface area contributed by atoms with E-state index in [0.29, 0.717) is 23.8 Å². The number of aromatic nitrogens is 1. The lowest BCUT2D eigenvalue weighted by molar-refractivity contribution is -0.135. The predicted molar refractivity (Wildman–Crippen MR) is 141 cm³/mol. The molecule has 202 valence electrons. The van der Waals surface area contributed by atoms with Crippen LogP contribution < -0.4 is 9.64 Å². The maximum absolute atomic E-state index is 13.8. The van der Waals surface area contributed by atoms with Gasteiger partial charge in [-0.25, -0.2) is 13.8 Å². The minimum atomic E-state index is -2.80. The number of carbonyl (C=O) groups is 2. The SMILES string of the molecule is COc1cccc([C@@H](C(=O)N(C)CCCC2CCN(c3ccc(C(=O)N(C)C)c(Cl)n3)CC2)C(F)F)c1. The zero-order valence-corrected chi connectivity index (χ0v) is 22.5. The van der Waals surface area contributed by atoms with E-state index in [1.165, 1.54) is 29.0 Å². The van der Waals surface area contributed by atoms with Gasteiger partial charge in [-0.15, -0.1) is 0 Å². The minimum absolute atomic E-state index is 0.186. The molecule has 3 rings (SSSR count). The van der Waals surface area contributed by atoms with Crippen molar-refractivity contribution in [3.05, 3.63) is 52.7 Å². The van der Waals surface area contributed by atoms with Gasteiger partial charge in [0.2, 0.25) is 5.91 Å². The largest absolute Gasteiger partial charge is 0.497 e. The third-order valence-electron chi connectivity index (χ3n) is 6.86. The summed E-state index contributed by atoms with van der Waals surface area (Å²) in [5.74, 6) is -0.608. The molecule has 10 heteroatoms. The molecule has 0 radical (unpaired) electrons. The molecular weight excluding hydrogens is 502 g/mol. The Bertz CT molecular complexity index is 1080. The molecule has 7 nitrogen and oxygen atoms in total. The highest BCUT2D eigenvalue weighted by molar-refractivity contribution is 6.32. The van der Waals surface area contributed by atoms with Crippen molar-refractivity contribution in [2.75, 3.05) is 52.8 Å². The molecule has 0 aliphatic carbocycles. The first-order valence-corrected chi connectivity index (χ1v) is 12.8. The lowest BCUT2D eigenvalue weighted by Gasteiger charge is -2.33.